The van der Waals surface area contributed by atoms with Crippen LogP contribution in [-0.2, 0) is 23.9 Å². The number of hydrogen-bond acceptors (Lipinski definition) is 7. The van der Waals surface area contributed by atoms with Gasteiger partial charge in [-0.1, -0.05) is 68.9 Å². The number of unbranched alkanes of at least 4 members (excludes halogenated alkanes) is 5. The van der Waals surface area contributed by atoms with Crippen LogP contribution in [0.25, 0.3) is 0 Å². The van der Waals surface area contributed by atoms with Gasteiger partial charge < -0.3 is 25.0 Å². The molecule has 1 aromatic carbocycles. The number of thiol groups is 1. The van der Waals surface area contributed by atoms with Crippen LogP contribution in [0.4, 0.5) is 4.79 Å². The Morgan fingerprint density at radius 3 is 2.17 bits per heavy atom. The fourth-order valence-corrected chi connectivity index (χ4v) is 4.35. The topological polar surface area (TPSA) is 114 Å². The summed E-state index contributed by atoms with van der Waals surface area (Å²) in [5.41, 5.74) is 0.906. The summed E-state index contributed by atoms with van der Waals surface area (Å²) < 4.78 is 10.3. The Bertz CT molecular complexity index is 932. The fraction of sp³-hybridized carbons (Fsp3) is 0.667. The number of nitrogens with zero attached hydrogens (tertiary/aromatic N) is 1. The summed E-state index contributed by atoms with van der Waals surface area (Å²) in [5, 5.41) is 5.43. The summed E-state index contributed by atoms with van der Waals surface area (Å²) in [6.45, 7) is 11.7. The highest BCUT2D eigenvalue weighted by Crippen LogP contribution is 2.24. The average molecular weight is 580 g/mol. The summed E-state index contributed by atoms with van der Waals surface area (Å²) >= 11 is 4.33. The third-order valence-electron chi connectivity index (χ3n) is 6.09. The van der Waals surface area contributed by atoms with Crippen molar-refractivity contribution in [2.75, 3.05) is 25.4 Å². The second-order valence-electron chi connectivity index (χ2n) is 10.8. The molecule has 3 amide bonds. The molecule has 10 heteroatoms. The number of alkyl carbamates (subject to hydrolysis) is 1. The Balaban J connectivity index is 3.29. The number of nitrogens with one attached hydrogen (secondary N) is 2. The predicted octanol–water partition coefficient (Wildman–Crippen LogP) is 5.12. The van der Waals surface area contributed by atoms with E-state index in [1.165, 1.54) is 4.90 Å². The van der Waals surface area contributed by atoms with Crippen molar-refractivity contribution in [2.24, 2.45) is 0 Å². The molecule has 2 N–H and O–H groups in total. The minimum Gasteiger partial charge on any atom is -0.466 e. The lowest BCUT2D eigenvalue weighted by molar-refractivity contribution is -0.144. The van der Waals surface area contributed by atoms with Crippen LogP contribution in [0.2, 0.25) is 0 Å². The molecule has 226 valence electrons. The van der Waals surface area contributed by atoms with Crippen LogP contribution in [0.1, 0.15) is 96.7 Å². The number of amides is 3. The van der Waals surface area contributed by atoms with Crippen molar-refractivity contribution in [1.82, 2.24) is 15.5 Å². The zero-order valence-corrected chi connectivity index (χ0v) is 26.0. The van der Waals surface area contributed by atoms with Crippen LogP contribution in [0.3, 0.4) is 0 Å². The highest BCUT2D eigenvalue weighted by molar-refractivity contribution is 7.80. The van der Waals surface area contributed by atoms with E-state index in [4.69, 9.17) is 9.47 Å². The minimum atomic E-state index is -1.00. The van der Waals surface area contributed by atoms with E-state index in [1.807, 2.05) is 31.2 Å². The first-order valence-corrected chi connectivity index (χ1v) is 15.0. The van der Waals surface area contributed by atoms with Gasteiger partial charge in [-0.15, -0.1) is 0 Å². The van der Waals surface area contributed by atoms with E-state index in [9.17, 15) is 19.2 Å². The highest BCUT2D eigenvalue weighted by atomic mass is 32.1. The summed E-state index contributed by atoms with van der Waals surface area (Å²) in [6.07, 6.45) is 5.31. The van der Waals surface area contributed by atoms with E-state index < -0.39 is 41.6 Å². The zero-order chi connectivity index (χ0) is 30.1. The van der Waals surface area contributed by atoms with Crippen LogP contribution in [-0.4, -0.2) is 65.9 Å². The Hall–Kier alpha value is -2.75. The number of aryl methyl sites for hydroxylation is 1. The molecule has 9 nitrogen and oxygen atoms in total. The second kappa shape index (κ2) is 18.6. The van der Waals surface area contributed by atoms with Crippen LogP contribution in [0.15, 0.2) is 24.3 Å². The van der Waals surface area contributed by atoms with Crippen LogP contribution < -0.4 is 10.6 Å². The molecule has 0 spiro atoms. The molecule has 1 rings (SSSR count). The molecule has 0 saturated heterocycles. The lowest BCUT2D eigenvalue weighted by Gasteiger charge is -2.34. The molecule has 0 aliphatic heterocycles. The molecule has 0 aliphatic rings. The van der Waals surface area contributed by atoms with Crippen molar-refractivity contribution in [1.29, 1.82) is 0 Å². The van der Waals surface area contributed by atoms with Crippen LogP contribution in [0, 0.1) is 6.92 Å². The van der Waals surface area contributed by atoms with E-state index in [0.29, 0.717) is 18.5 Å². The maximum atomic E-state index is 13.9. The molecule has 0 bridgehead atoms. The SMILES string of the molecule is CCCCCCCCN(C(=O)C(CS)NC(=O)OC(C)(C)C)C(C(=O)NCCC(=O)OCC)c1ccc(C)cc1. The highest BCUT2D eigenvalue weighted by Gasteiger charge is 2.35. The van der Waals surface area contributed by atoms with Gasteiger partial charge in [-0.05, 0) is 46.6 Å². The van der Waals surface area contributed by atoms with Crippen molar-refractivity contribution < 1.29 is 28.7 Å². The first-order chi connectivity index (χ1) is 18.9. The van der Waals surface area contributed by atoms with Crippen molar-refractivity contribution in [3.05, 3.63) is 35.4 Å². The van der Waals surface area contributed by atoms with Crippen molar-refractivity contribution >= 4 is 36.5 Å². The summed E-state index contributed by atoms with van der Waals surface area (Å²) in [4.78, 5) is 53.4. The van der Waals surface area contributed by atoms with Gasteiger partial charge in [-0.2, -0.15) is 12.6 Å². The summed E-state index contributed by atoms with van der Waals surface area (Å²) in [6, 6.07) is 5.45. The van der Waals surface area contributed by atoms with Gasteiger partial charge in [0.05, 0.1) is 13.0 Å². The standard InChI is InChI=1S/C30H49N3O6S/c1-7-9-10-11-12-13-20-33(28(36)24(21-40)32-29(37)39-30(4,5)6)26(23-16-14-22(3)15-17-23)27(35)31-19-18-25(34)38-8-2/h14-17,24,26,40H,7-13,18-21H2,1-6H3,(H,31,35)(H,32,37). The molecule has 0 heterocycles. The Morgan fingerprint density at radius 1 is 0.975 bits per heavy atom. The van der Waals surface area contributed by atoms with Gasteiger partial charge in [0.2, 0.25) is 11.8 Å². The van der Waals surface area contributed by atoms with Crippen LogP contribution in [0.5, 0.6) is 0 Å². The number of benzene rings is 1. The lowest BCUT2D eigenvalue weighted by atomic mass is 10.0. The number of ether oxygens (including phenoxy) is 2. The van der Waals surface area contributed by atoms with Crippen molar-refractivity contribution in [3.63, 3.8) is 0 Å². The van der Waals surface area contributed by atoms with Gasteiger partial charge in [0.15, 0.2) is 0 Å². The largest absolute Gasteiger partial charge is 0.466 e. The average Bonchev–Trinajstić information content (AvgIpc) is 2.88. The predicted molar refractivity (Wildman–Crippen MR) is 160 cm³/mol. The molecule has 0 saturated carbocycles. The van der Waals surface area contributed by atoms with E-state index in [0.717, 1.165) is 37.7 Å². The second-order valence-corrected chi connectivity index (χ2v) is 11.2. The number of carbonyl (C=O) groups excluding carboxylic acids is 4. The van der Waals surface area contributed by atoms with Gasteiger partial charge in [-0.3, -0.25) is 14.4 Å². The molecule has 2 atom stereocenters. The third-order valence-corrected chi connectivity index (χ3v) is 6.46. The molecular formula is C30H49N3O6S. The van der Waals surface area contributed by atoms with Crippen molar-refractivity contribution in [3.8, 4) is 0 Å². The molecule has 1 aromatic rings. The molecule has 0 aliphatic carbocycles. The van der Waals surface area contributed by atoms with Crippen LogP contribution >= 0.6 is 12.6 Å². The van der Waals surface area contributed by atoms with E-state index in [1.54, 1.807) is 27.7 Å². The molecule has 0 fully saturated rings. The molecule has 0 radical (unpaired) electrons. The van der Waals surface area contributed by atoms with Gasteiger partial charge in [-0.25, -0.2) is 4.79 Å². The number of rotatable bonds is 17. The lowest BCUT2D eigenvalue weighted by Crippen LogP contribution is -2.54. The maximum absolute atomic E-state index is 13.9. The quantitative estimate of drug-likeness (QED) is 0.134. The third kappa shape index (κ3) is 13.5. The maximum Gasteiger partial charge on any atom is 0.408 e. The fourth-order valence-electron chi connectivity index (χ4n) is 4.10. The van der Waals surface area contributed by atoms with Gasteiger partial charge >= 0.3 is 12.1 Å². The summed E-state index contributed by atoms with van der Waals surface area (Å²) in [7, 11) is 0. The van der Waals surface area contributed by atoms with Gasteiger partial charge in [0.1, 0.15) is 17.7 Å². The van der Waals surface area contributed by atoms with E-state index in [2.05, 4.69) is 30.2 Å². The summed E-state index contributed by atoms with van der Waals surface area (Å²) in [5.74, 6) is -1.23. The van der Waals surface area contributed by atoms with E-state index in [-0.39, 0.29) is 25.3 Å². The number of hydrogen-bond donors (Lipinski definition) is 3. The normalized spacial score (nSPS) is 12.7. The number of esters is 1. The Morgan fingerprint density at radius 2 is 1.60 bits per heavy atom. The number of carbonyl (C=O) groups is 4. The minimum absolute atomic E-state index is 0.0189. The molecule has 40 heavy (non-hydrogen) atoms. The first-order valence-electron chi connectivity index (χ1n) is 14.3. The Kier molecular flexibility index (Phi) is 16.4. The monoisotopic (exact) mass is 579 g/mol. The van der Waals surface area contributed by atoms with Crippen molar-refractivity contribution in [2.45, 2.75) is 104 Å². The molecule has 2 unspecified atom stereocenters. The Labute approximate surface area is 245 Å². The molecular weight excluding hydrogens is 530 g/mol. The van der Waals surface area contributed by atoms with Gasteiger partial charge in [0.25, 0.3) is 0 Å². The molecule has 0 aromatic heterocycles. The van der Waals surface area contributed by atoms with Gasteiger partial charge in [0, 0.05) is 18.8 Å². The zero-order valence-electron chi connectivity index (χ0n) is 25.1. The smallest absolute Gasteiger partial charge is 0.408 e. The first kappa shape index (κ1) is 35.3. The van der Waals surface area contributed by atoms with E-state index >= 15 is 0 Å².